The summed E-state index contributed by atoms with van der Waals surface area (Å²) in [5.41, 5.74) is -2.03. The number of carbonyl (C=O) groups excluding carboxylic acids is 4. The Kier molecular flexibility index (Phi) is 6.82. The lowest BCUT2D eigenvalue weighted by molar-refractivity contribution is -0.385. The second-order valence-electron chi connectivity index (χ2n) is 6.52. The van der Waals surface area contributed by atoms with E-state index >= 15 is 0 Å². The van der Waals surface area contributed by atoms with Crippen LogP contribution in [0.5, 0.6) is 11.5 Å². The molecule has 0 unspecified atom stereocenters. The van der Waals surface area contributed by atoms with E-state index in [0.717, 1.165) is 36.4 Å². The van der Waals surface area contributed by atoms with Crippen molar-refractivity contribution in [3.63, 3.8) is 0 Å². The minimum Gasteiger partial charge on any atom is -0.423 e. The summed E-state index contributed by atoms with van der Waals surface area (Å²) in [6.45, 7) is 0. The normalized spacial score (nSPS) is 10.1. The molecule has 0 aliphatic rings. The molecule has 0 aliphatic heterocycles. The standard InChI is InChI=1S/C22H12N2O10/c25-11-13-9-15(5-7-19(13)23(29)30)33-21(27)17-3-1-2-4-18(17)22(28)34-16-6-8-20(24(31)32)14(10-16)12-26/h1-12H. The van der Waals surface area contributed by atoms with Gasteiger partial charge in [0.2, 0.25) is 0 Å². The number of nitrogens with zero attached hydrogens (tertiary/aromatic N) is 2. The number of hydrogen-bond acceptors (Lipinski definition) is 10. The van der Waals surface area contributed by atoms with Gasteiger partial charge in [-0.05, 0) is 36.4 Å². The van der Waals surface area contributed by atoms with Gasteiger partial charge in [-0.1, -0.05) is 12.1 Å². The van der Waals surface area contributed by atoms with Crippen molar-refractivity contribution in [2.45, 2.75) is 0 Å². The summed E-state index contributed by atoms with van der Waals surface area (Å²) in [6, 6.07) is 11.6. The third-order valence-corrected chi connectivity index (χ3v) is 4.43. The molecule has 12 heteroatoms. The minimum atomic E-state index is -1.02. The fourth-order valence-electron chi connectivity index (χ4n) is 2.88. The number of hydrogen-bond donors (Lipinski definition) is 0. The summed E-state index contributed by atoms with van der Waals surface area (Å²) in [7, 11) is 0. The van der Waals surface area contributed by atoms with Gasteiger partial charge in [0.05, 0.1) is 32.1 Å². The molecule has 0 N–H and O–H groups in total. The fraction of sp³-hybridized carbons (Fsp3) is 0. The first-order chi connectivity index (χ1) is 16.2. The summed E-state index contributed by atoms with van der Waals surface area (Å²) in [5, 5.41) is 21.9. The van der Waals surface area contributed by atoms with E-state index in [9.17, 15) is 39.4 Å². The Morgan fingerprint density at radius 3 is 1.38 bits per heavy atom. The summed E-state index contributed by atoms with van der Waals surface area (Å²) in [4.78, 5) is 67.8. The maximum absolute atomic E-state index is 12.7. The molecule has 0 saturated heterocycles. The second kappa shape index (κ2) is 9.91. The van der Waals surface area contributed by atoms with Crippen molar-refractivity contribution in [2.75, 3.05) is 0 Å². The Morgan fingerprint density at radius 2 is 1.06 bits per heavy atom. The smallest absolute Gasteiger partial charge is 0.344 e. The molecule has 0 radical (unpaired) electrons. The predicted octanol–water partition coefficient (Wildman–Crippen LogP) is 3.57. The Bertz CT molecular complexity index is 1250. The van der Waals surface area contributed by atoms with Crippen molar-refractivity contribution in [2.24, 2.45) is 0 Å². The zero-order valence-electron chi connectivity index (χ0n) is 16.9. The molecule has 0 aromatic heterocycles. The van der Waals surface area contributed by atoms with Crippen LogP contribution in [0.2, 0.25) is 0 Å². The zero-order chi connectivity index (χ0) is 24.8. The maximum atomic E-state index is 12.7. The summed E-state index contributed by atoms with van der Waals surface area (Å²) < 4.78 is 10.3. The minimum absolute atomic E-state index is 0.174. The molecule has 0 bridgehead atoms. The van der Waals surface area contributed by atoms with E-state index in [2.05, 4.69) is 0 Å². The fourth-order valence-corrected chi connectivity index (χ4v) is 2.88. The molecule has 3 aromatic carbocycles. The van der Waals surface area contributed by atoms with E-state index < -0.39 is 33.2 Å². The number of nitro groups is 2. The molecular weight excluding hydrogens is 452 g/mol. The molecule has 0 aliphatic carbocycles. The number of benzene rings is 3. The van der Waals surface area contributed by atoms with Crippen LogP contribution in [0.15, 0.2) is 60.7 Å². The van der Waals surface area contributed by atoms with E-state index in [0.29, 0.717) is 0 Å². The van der Waals surface area contributed by atoms with Crippen LogP contribution in [-0.2, 0) is 0 Å². The van der Waals surface area contributed by atoms with Crippen LogP contribution < -0.4 is 9.47 Å². The first kappa shape index (κ1) is 23.4. The highest BCUT2D eigenvalue weighted by molar-refractivity contribution is 6.04. The Balaban J connectivity index is 1.86. The van der Waals surface area contributed by atoms with Crippen LogP contribution in [0.3, 0.4) is 0 Å². The van der Waals surface area contributed by atoms with Crippen LogP contribution in [-0.4, -0.2) is 34.4 Å². The first-order valence-electron chi connectivity index (χ1n) is 9.25. The van der Waals surface area contributed by atoms with Crippen LogP contribution in [0.1, 0.15) is 41.4 Å². The highest BCUT2D eigenvalue weighted by atomic mass is 16.6. The van der Waals surface area contributed by atoms with Gasteiger partial charge in [0.25, 0.3) is 11.4 Å². The van der Waals surface area contributed by atoms with Crippen molar-refractivity contribution in [3.8, 4) is 11.5 Å². The van der Waals surface area contributed by atoms with Gasteiger partial charge in [0.1, 0.15) is 11.5 Å². The van der Waals surface area contributed by atoms with Gasteiger partial charge in [0.15, 0.2) is 12.6 Å². The topological polar surface area (TPSA) is 173 Å². The molecule has 0 spiro atoms. The molecule has 0 heterocycles. The van der Waals surface area contributed by atoms with Crippen molar-refractivity contribution in [3.05, 3.63) is 103 Å². The van der Waals surface area contributed by atoms with E-state index in [1.165, 1.54) is 24.3 Å². The van der Waals surface area contributed by atoms with Gasteiger partial charge < -0.3 is 9.47 Å². The van der Waals surface area contributed by atoms with Gasteiger partial charge in [-0.15, -0.1) is 0 Å². The van der Waals surface area contributed by atoms with Crippen molar-refractivity contribution in [1.29, 1.82) is 0 Å². The van der Waals surface area contributed by atoms with Gasteiger partial charge in [0, 0.05) is 12.1 Å². The Hall–Kier alpha value is -5.26. The largest absolute Gasteiger partial charge is 0.423 e. The Morgan fingerprint density at radius 1 is 0.676 bits per heavy atom. The summed E-state index contributed by atoms with van der Waals surface area (Å²) >= 11 is 0. The summed E-state index contributed by atoms with van der Waals surface area (Å²) in [6.07, 6.45) is 0.469. The Labute approximate surface area is 189 Å². The second-order valence-corrected chi connectivity index (χ2v) is 6.52. The number of nitro benzene ring substituents is 2. The van der Waals surface area contributed by atoms with Crippen molar-refractivity contribution < 1.29 is 38.5 Å². The van der Waals surface area contributed by atoms with E-state index in [1.807, 2.05) is 0 Å². The summed E-state index contributed by atoms with van der Waals surface area (Å²) in [5.74, 6) is -2.38. The lowest BCUT2D eigenvalue weighted by Crippen LogP contribution is -2.17. The molecule has 0 fully saturated rings. The van der Waals surface area contributed by atoms with Crippen LogP contribution in [0, 0.1) is 20.2 Å². The highest BCUT2D eigenvalue weighted by Crippen LogP contribution is 2.26. The molecule has 12 nitrogen and oxygen atoms in total. The maximum Gasteiger partial charge on any atom is 0.344 e. The molecule has 3 aromatic rings. The SMILES string of the molecule is O=Cc1cc(OC(=O)c2ccccc2C(=O)Oc2ccc([N+](=O)[O-])c(C=O)c2)ccc1[N+](=O)[O-]. The molecule has 34 heavy (non-hydrogen) atoms. The number of ether oxygens (including phenoxy) is 2. The number of carbonyl (C=O) groups is 4. The van der Waals surface area contributed by atoms with Gasteiger partial charge in [-0.2, -0.15) is 0 Å². The quantitative estimate of drug-likeness (QED) is 0.158. The molecular formula is C22H12N2O10. The molecule has 3 rings (SSSR count). The highest BCUT2D eigenvalue weighted by Gasteiger charge is 2.22. The lowest BCUT2D eigenvalue weighted by Gasteiger charge is -2.10. The number of aldehydes is 2. The van der Waals surface area contributed by atoms with Gasteiger partial charge >= 0.3 is 11.9 Å². The predicted molar refractivity (Wildman–Crippen MR) is 113 cm³/mol. The molecule has 0 amide bonds. The lowest BCUT2D eigenvalue weighted by atomic mass is 10.1. The van der Waals surface area contributed by atoms with Gasteiger partial charge in [-0.25, -0.2) is 9.59 Å². The molecule has 0 saturated carbocycles. The van der Waals surface area contributed by atoms with Gasteiger partial charge in [-0.3, -0.25) is 29.8 Å². The first-order valence-corrected chi connectivity index (χ1v) is 9.25. The average molecular weight is 464 g/mol. The van der Waals surface area contributed by atoms with Crippen LogP contribution in [0.4, 0.5) is 11.4 Å². The molecule has 170 valence electrons. The van der Waals surface area contributed by atoms with Crippen LogP contribution >= 0.6 is 0 Å². The van der Waals surface area contributed by atoms with Crippen LogP contribution in [0.25, 0.3) is 0 Å². The number of rotatable bonds is 8. The average Bonchev–Trinajstić information content (AvgIpc) is 2.83. The number of esters is 2. The zero-order valence-corrected chi connectivity index (χ0v) is 16.9. The molecule has 0 atom stereocenters. The van der Waals surface area contributed by atoms with E-state index in [-0.39, 0.29) is 46.3 Å². The monoisotopic (exact) mass is 464 g/mol. The van der Waals surface area contributed by atoms with E-state index in [4.69, 9.17) is 9.47 Å². The van der Waals surface area contributed by atoms with E-state index in [1.54, 1.807) is 0 Å². The third-order valence-electron chi connectivity index (χ3n) is 4.43. The third kappa shape index (κ3) is 4.96. The van der Waals surface area contributed by atoms with Crippen molar-refractivity contribution in [1.82, 2.24) is 0 Å². The van der Waals surface area contributed by atoms with Crippen molar-refractivity contribution >= 4 is 35.9 Å².